The minimum atomic E-state index is -0.716. The normalized spacial score (nSPS) is 13.2. The van der Waals surface area contributed by atoms with E-state index in [-0.39, 0.29) is 11.1 Å². The predicted octanol–water partition coefficient (Wildman–Crippen LogP) is 3.51. The molecule has 1 aliphatic rings. The summed E-state index contributed by atoms with van der Waals surface area (Å²) in [4.78, 5) is 43.7. The van der Waals surface area contributed by atoms with Gasteiger partial charge in [0.15, 0.2) is 6.29 Å². The van der Waals surface area contributed by atoms with Gasteiger partial charge in [0, 0.05) is 21.9 Å². The molecule has 0 amide bonds. The van der Waals surface area contributed by atoms with Crippen molar-refractivity contribution in [2.75, 3.05) is 0 Å². The summed E-state index contributed by atoms with van der Waals surface area (Å²) in [5, 5.41) is 0.938. The Morgan fingerprint density at radius 1 is 0.846 bits per heavy atom. The van der Waals surface area contributed by atoms with Crippen LogP contribution in [0.25, 0.3) is 33.2 Å². The lowest BCUT2D eigenvalue weighted by molar-refractivity contribution is 0.0391. The number of para-hydroxylation sites is 2. The topological polar surface area (TPSA) is 89.1 Å². The van der Waals surface area contributed by atoms with E-state index in [0.29, 0.717) is 34.0 Å². The fraction of sp³-hybridized carbons (Fsp3) is 0. The SMILES string of the molecule is O=Cc1ccc2c3c(ccc(-c4nc5ccccc5[nH]4)c13)C(=O)OC2=O. The van der Waals surface area contributed by atoms with E-state index in [9.17, 15) is 14.4 Å². The minimum absolute atomic E-state index is 0.262. The molecule has 0 radical (unpaired) electrons. The van der Waals surface area contributed by atoms with Crippen LogP contribution in [-0.2, 0) is 4.74 Å². The molecule has 3 aromatic carbocycles. The van der Waals surface area contributed by atoms with Gasteiger partial charge >= 0.3 is 11.9 Å². The lowest BCUT2D eigenvalue weighted by Gasteiger charge is -2.18. The van der Waals surface area contributed by atoms with Crippen LogP contribution >= 0.6 is 0 Å². The molecule has 2 heterocycles. The number of rotatable bonds is 2. The molecule has 0 saturated heterocycles. The number of carbonyl (C=O) groups is 3. The maximum absolute atomic E-state index is 12.1. The van der Waals surface area contributed by atoms with Gasteiger partial charge in [-0.2, -0.15) is 0 Å². The second kappa shape index (κ2) is 5.10. The third kappa shape index (κ3) is 1.86. The average Bonchev–Trinajstić information content (AvgIpc) is 3.09. The lowest BCUT2D eigenvalue weighted by Crippen LogP contribution is -2.20. The van der Waals surface area contributed by atoms with E-state index < -0.39 is 11.9 Å². The highest BCUT2D eigenvalue weighted by atomic mass is 16.6. The summed E-state index contributed by atoms with van der Waals surface area (Å²) in [7, 11) is 0. The van der Waals surface area contributed by atoms with E-state index in [1.165, 1.54) is 6.07 Å². The number of benzene rings is 3. The van der Waals surface area contributed by atoms with Crippen LogP contribution < -0.4 is 0 Å². The number of hydrogen-bond acceptors (Lipinski definition) is 5. The number of nitrogens with one attached hydrogen (secondary N) is 1. The number of cyclic esters (lactones) is 2. The Balaban J connectivity index is 1.93. The van der Waals surface area contributed by atoms with E-state index in [0.717, 1.165) is 11.0 Å². The summed E-state index contributed by atoms with van der Waals surface area (Å²) in [5.74, 6) is -0.872. The molecule has 0 spiro atoms. The van der Waals surface area contributed by atoms with E-state index >= 15 is 0 Å². The molecule has 0 unspecified atom stereocenters. The van der Waals surface area contributed by atoms with Gasteiger partial charge in [0.1, 0.15) is 5.82 Å². The Kier molecular flexibility index (Phi) is 2.85. The smallest absolute Gasteiger partial charge is 0.346 e. The predicted molar refractivity (Wildman–Crippen MR) is 94.2 cm³/mol. The number of fused-ring (bicyclic) bond motifs is 1. The van der Waals surface area contributed by atoms with E-state index in [2.05, 4.69) is 9.97 Å². The number of aromatic nitrogens is 2. The molecule has 0 aliphatic carbocycles. The Bertz CT molecular complexity index is 1220. The summed E-state index contributed by atoms with van der Waals surface area (Å²) in [5.41, 5.74) is 3.18. The van der Waals surface area contributed by atoms with E-state index in [1.54, 1.807) is 18.2 Å². The van der Waals surface area contributed by atoms with E-state index in [4.69, 9.17) is 4.74 Å². The Hall–Kier alpha value is -3.80. The molecule has 0 atom stereocenters. The number of ether oxygens (including phenoxy) is 1. The highest BCUT2D eigenvalue weighted by molar-refractivity contribution is 6.24. The third-order valence-corrected chi connectivity index (χ3v) is 4.59. The molecule has 1 N–H and O–H groups in total. The van der Waals surface area contributed by atoms with Crippen LogP contribution in [0, 0.1) is 0 Å². The summed E-state index contributed by atoms with van der Waals surface area (Å²) < 4.78 is 4.78. The fourth-order valence-electron chi connectivity index (χ4n) is 3.43. The first-order valence-corrected chi connectivity index (χ1v) is 7.94. The van der Waals surface area contributed by atoms with Gasteiger partial charge in [-0.15, -0.1) is 0 Å². The van der Waals surface area contributed by atoms with Crippen molar-refractivity contribution in [1.82, 2.24) is 9.97 Å². The number of esters is 2. The molecule has 26 heavy (non-hydrogen) atoms. The monoisotopic (exact) mass is 342 g/mol. The first-order valence-electron chi connectivity index (χ1n) is 7.94. The highest BCUT2D eigenvalue weighted by Crippen LogP contribution is 2.37. The Morgan fingerprint density at radius 2 is 1.54 bits per heavy atom. The van der Waals surface area contributed by atoms with Crippen LogP contribution in [0.2, 0.25) is 0 Å². The molecule has 6 nitrogen and oxygen atoms in total. The summed E-state index contributed by atoms with van der Waals surface area (Å²) >= 11 is 0. The number of aldehydes is 1. The van der Waals surface area contributed by atoms with Gasteiger partial charge in [-0.25, -0.2) is 14.6 Å². The van der Waals surface area contributed by atoms with Crippen molar-refractivity contribution in [3.05, 3.63) is 65.2 Å². The van der Waals surface area contributed by atoms with Crippen molar-refractivity contribution >= 4 is 40.0 Å². The van der Waals surface area contributed by atoms with Crippen molar-refractivity contribution in [3.63, 3.8) is 0 Å². The van der Waals surface area contributed by atoms with E-state index in [1.807, 2.05) is 24.3 Å². The van der Waals surface area contributed by atoms with Gasteiger partial charge in [-0.05, 0) is 30.3 Å². The molecule has 4 aromatic rings. The number of nitrogens with zero attached hydrogens (tertiary/aromatic N) is 1. The van der Waals surface area contributed by atoms with Gasteiger partial charge < -0.3 is 9.72 Å². The molecule has 1 aromatic heterocycles. The number of imidazole rings is 1. The fourth-order valence-corrected chi connectivity index (χ4v) is 3.43. The zero-order valence-electron chi connectivity index (χ0n) is 13.3. The van der Waals surface area contributed by atoms with Gasteiger partial charge in [0.2, 0.25) is 0 Å². The molecule has 0 fully saturated rings. The molecule has 6 heteroatoms. The molecule has 5 rings (SSSR count). The quantitative estimate of drug-likeness (QED) is 0.342. The van der Waals surface area contributed by atoms with Crippen LogP contribution in [0.5, 0.6) is 0 Å². The number of aromatic amines is 1. The van der Waals surface area contributed by atoms with Crippen molar-refractivity contribution in [2.45, 2.75) is 0 Å². The molecule has 0 saturated carbocycles. The zero-order valence-corrected chi connectivity index (χ0v) is 13.3. The Labute approximate surface area is 146 Å². The first kappa shape index (κ1) is 14.5. The molecule has 124 valence electrons. The molecule has 1 aliphatic heterocycles. The highest BCUT2D eigenvalue weighted by Gasteiger charge is 2.29. The maximum atomic E-state index is 12.1. The van der Waals surface area contributed by atoms with Crippen molar-refractivity contribution in [3.8, 4) is 11.4 Å². The minimum Gasteiger partial charge on any atom is -0.386 e. The first-order chi connectivity index (χ1) is 12.7. The number of carbonyl (C=O) groups excluding carboxylic acids is 3. The van der Waals surface area contributed by atoms with Crippen LogP contribution in [0.15, 0.2) is 48.5 Å². The lowest BCUT2D eigenvalue weighted by atomic mass is 9.90. The number of H-pyrrole nitrogens is 1. The van der Waals surface area contributed by atoms with Crippen molar-refractivity contribution in [2.24, 2.45) is 0 Å². The standard InChI is InChI=1S/C20H10N2O4/c23-9-10-5-6-12-17-13(20(25)26-19(12)24)8-7-11(16(10)17)18-21-14-3-1-2-4-15(14)22-18/h1-9H,(H,21,22). The molecular formula is C20H10N2O4. The summed E-state index contributed by atoms with van der Waals surface area (Å²) in [6.45, 7) is 0. The van der Waals surface area contributed by atoms with Crippen molar-refractivity contribution in [1.29, 1.82) is 0 Å². The van der Waals surface area contributed by atoms with Gasteiger partial charge in [-0.3, -0.25) is 4.79 Å². The largest absolute Gasteiger partial charge is 0.386 e. The molecular weight excluding hydrogens is 332 g/mol. The van der Waals surface area contributed by atoms with Crippen LogP contribution in [0.1, 0.15) is 31.1 Å². The van der Waals surface area contributed by atoms with Gasteiger partial charge in [0.05, 0.1) is 22.2 Å². The van der Waals surface area contributed by atoms with Crippen LogP contribution in [0.3, 0.4) is 0 Å². The van der Waals surface area contributed by atoms with Gasteiger partial charge in [-0.1, -0.05) is 18.2 Å². The molecule has 0 bridgehead atoms. The second-order valence-corrected chi connectivity index (χ2v) is 6.01. The van der Waals surface area contributed by atoms with Crippen molar-refractivity contribution < 1.29 is 19.1 Å². The summed E-state index contributed by atoms with van der Waals surface area (Å²) in [6.07, 6.45) is 0.708. The van der Waals surface area contributed by atoms with Gasteiger partial charge in [0.25, 0.3) is 0 Å². The van der Waals surface area contributed by atoms with Crippen LogP contribution in [-0.4, -0.2) is 28.2 Å². The third-order valence-electron chi connectivity index (χ3n) is 4.59. The summed E-state index contributed by atoms with van der Waals surface area (Å²) in [6, 6.07) is 13.9. The second-order valence-electron chi connectivity index (χ2n) is 6.01. The van der Waals surface area contributed by atoms with Crippen LogP contribution in [0.4, 0.5) is 0 Å². The maximum Gasteiger partial charge on any atom is 0.346 e. The average molecular weight is 342 g/mol. The number of hydrogen-bond donors (Lipinski definition) is 1. The Morgan fingerprint density at radius 3 is 2.27 bits per heavy atom. The zero-order chi connectivity index (χ0) is 17.8.